The minimum Gasteiger partial charge on any atom is -0.0625 e. The number of hydrogen-bond donors (Lipinski definition) is 0. The van der Waals surface area contributed by atoms with Gasteiger partial charge in [-0.2, -0.15) is 0 Å². The second-order valence-electron chi connectivity index (χ2n) is 7.88. The number of rotatable bonds is 0. The van der Waals surface area contributed by atoms with Gasteiger partial charge in [0.25, 0.3) is 0 Å². The highest BCUT2D eigenvalue weighted by atomic mass is 14.2. The molecule has 1 saturated carbocycles. The van der Waals surface area contributed by atoms with Crippen molar-refractivity contribution in [3.63, 3.8) is 0 Å². The molecule has 1 fully saturated rings. The van der Waals surface area contributed by atoms with Gasteiger partial charge in [0.05, 0.1) is 0 Å². The molecule has 0 aromatic carbocycles. The van der Waals surface area contributed by atoms with Gasteiger partial charge < -0.3 is 0 Å². The van der Waals surface area contributed by atoms with E-state index in [2.05, 4.69) is 20.8 Å². The SMILES string of the molecule is CC1CCCCCCCCCC(C)(C)CCCCC1. The standard InChI is InChI=1S/C19H38/c1-18-14-10-7-5-4-6-8-12-16-19(2,3)17-13-9-11-15-18/h18H,4-17H2,1-3H3. The predicted molar refractivity (Wildman–Crippen MR) is 87.6 cm³/mol. The maximum absolute atomic E-state index is 2.48. The molecule has 0 heteroatoms. The van der Waals surface area contributed by atoms with Crippen molar-refractivity contribution in [2.45, 2.75) is 111 Å². The first kappa shape index (κ1) is 17.1. The van der Waals surface area contributed by atoms with Crippen LogP contribution in [0, 0.1) is 11.3 Å². The first-order chi connectivity index (χ1) is 9.10. The van der Waals surface area contributed by atoms with Crippen molar-refractivity contribution in [2.75, 3.05) is 0 Å². The Labute approximate surface area is 122 Å². The second kappa shape index (κ2) is 9.83. The highest BCUT2D eigenvalue weighted by Gasteiger charge is 2.16. The Balaban J connectivity index is 2.27. The summed E-state index contributed by atoms with van der Waals surface area (Å²) in [6.07, 6.45) is 20.6. The Morgan fingerprint density at radius 2 is 0.947 bits per heavy atom. The molecule has 0 nitrogen and oxygen atoms in total. The molecular weight excluding hydrogens is 228 g/mol. The van der Waals surface area contributed by atoms with Crippen LogP contribution in [0.1, 0.15) is 111 Å². The zero-order valence-corrected chi connectivity index (χ0v) is 14.0. The molecule has 0 radical (unpaired) electrons. The van der Waals surface area contributed by atoms with E-state index in [-0.39, 0.29) is 0 Å². The Hall–Kier alpha value is 0. The van der Waals surface area contributed by atoms with Gasteiger partial charge in [0, 0.05) is 0 Å². The molecule has 19 heavy (non-hydrogen) atoms. The van der Waals surface area contributed by atoms with E-state index in [1.165, 1.54) is 89.9 Å². The predicted octanol–water partition coefficient (Wildman–Crippen LogP) is 7.12. The van der Waals surface area contributed by atoms with Crippen LogP contribution in [-0.4, -0.2) is 0 Å². The van der Waals surface area contributed by atoms with E-state index >= 15 is 0 Å². The number of hydrogen-bond acceptors (Lipinski definition) is 0. The average Bonchev–Trinajstić information content (AvgIpc) is 2.35. The summed E-state index contributed by atoms with van der Waals surface area (Å²) in [5.74, 6) is 0.973. The minimum absolute atomic E-state index is 0.600. The van der Waals surface area contributed by atoms with Crippen LogP contribution in [0.3, 0.4) is 0 Å². The fraction of sp³-hybridized carbons (Fsp3) is 1.00. The quantitative estimate of drug-likeness (QED) is 0.437. The van der Waals surface area contributed by atoms with E-state index in [9.17, 15) is 0 Å². The summed E-state index contributed by atoms with van der Waals surface area (Å²) >= 11 is 0. The minimum atomic E-state index is 0.600. The molecule has 0 spiro atoms. The Morgan fingerprint density at radius 1 is 0.579 bits per heavy atom. The van der Waals surface area contributed by atoms with Crippen molar-refractivity contribution in [3.05, 3.63) is 0 Å². The summed E-state index contributed by atoms with van der Waals surface area (Å²) in [7, 11) is 0. The van der Waals surface area contributed by atoms with Crippen LogP contribution >= 0.6 is 0 Å². The average molecular weight is 267 g/mol. The molecule has 0 N–H and O–H groups in total. The van der Waals surface area contributed by atoms with E-state index in [0.717, 1.165) is 5.92 Å². The van der Waals surface area contributed by atoms with Crippen LogP contribution in [0.2, 0.25) is 0 Å². The van der Waals surface area contributed by atoms with Gasteiger partial charge in [-0.15, -0.1) is 0 Å². The van der Waals surface area contributed by atoms with Crippen LogP contribution in [-0.2, 0) is 0 Å². The van der Waals surface area contributed by atoms with Crippen LogP contribution in [0.4, 0.5) is 0 Å². The normalized spacial score (nSPS) is 28.9. The molecule has 1 atom stereocenters. The van der Waals surface area contributed by atoms with Gasteiger partial charge in [-0.25, -0.2) is 0 Å². The van der Waals surface area contributed by atoms with Crippen LogP contribution in [0.15, 0.2) is 0 Å². The third-order valence-electron chi connectivity index (χ3n) is 5.10. The van der Waals surface area contributed by atoms with Gasteiger partial charge in [-0.05, 0) is 24.2 Å². The first-order valence-corrected chi connectivity index (χ1v) is 9.10. The lowest BCUT2D eigenvalue weighted by molar-refractivity contribution is 0.279. The van der Waals surface area contributed by atoms with Crippen molar-refractivity contribution >= 4 is 0 Å². The summed E-state index contributed by atoms with van der Waals surface area (Å²) in [5.41, 5.74) is 0.600. The fourth-order valence-corrected chi connectivity index (χ4v) is 3.52. The summed E-state index contributed by atoms with van der Waals surface area (Å²) in [6.45, 7) is 7.44. The molecule has 0 aromatic heterocycles. The van der Waals surface area contributed by atoms with Crippen molar-refractivity contribution < 1.29 is 0 Å². The van der Waals surface area contributed by atoms with Gasteiger partial charge >= 0.3 is 0 Å². The topological polar surface area (TPSA) is 0 Å². The van der Waals surface area contributed by atoms with E-state index in [4.69, 9.17) is 0 Å². The highest BCUT2D eigenvalue weighted by Crippen LogP contribution is 2.31. The summed E-state index contributed by atoms with van der Waals surface area (Å²) in [6, 6.07) is 0. The molecule has 0 amide bonds. The van der Waals surface area contributed by atoms with Gasteiger partial charge in [0.2, 0.25) is 0 Å². The summed E-state index contributed by atoms with van der Waals surface area (Å²) in [5, 5.41) is 0. The molecule has 1 aliphatic rings. The van der Waals surface area contributed by atoms with E-state index in [1.54, 1.807) is 0 Å². The van der Waals surface area contributed by atoms with Gasteiger partial charge in [0.1, 0.15) is 0 Å². The molecule has 1 rings (SSSR count). The van der Waals surface area contributed by atoms with E-state index in [1.807, 2.05) is 0 Å². The Bertz CT molecular complexity index is 204. The van der Waals surface area contributed by atoms with Crippen LogP contribution < -0.4 is 0 Å². The second-order valence-corrected chi connectivity index (χ2v) is 7.88. The molecule has 1 unspecified atom stereocenters. The lowest BCUT2D eigenvalue weighted by atomic mass is 9.81. The third-order valence-corrected chi connectivity index (χ3v) is 5.10. The van der Waals surface area contributed by atoms with Crippen LogP contribution in [0.25, 0.3) is 0 Å². The van der Waals surface area contributed by atoms with Gasteiger partial charge in [-0.1, -0.05) is 97.8 Å². The van der Waals surface area contributed by atoms with Crippen molar-refractivity contribution in [2.24, 2.45) is 11.3 Å². The lowest BCUT2D eigenvalue weighted by Crippen LogP contribution is -2.11. The Morgan fingerprint density at radius 3 is 1.47 bits per heavy atom. The van der Waals surface area contributed by atoms with E-state index in [0.29, 0.717) is 5.41 Å². The van der Waals surface area contributed by atoms with Crippen LogP contribution in [0.5, 0.6) is 0 Å². The summed E-state index contributed by atoms with van der Waals surface area (Å²) in [4.78, 5) is 0. The maximum atomic E-state index is 2.48. The fourth-order valence-electron chi connectivity index (χ4n) is 3.52. The van der Waals surface area contributed by atoms with Crippen molar-refractivity contribution in [3.8, 4) is 0 Å². The molecule has 0 aromatic rings. The summed E-state index contributed by atoms with van der Waals surface area (Å²) < 4.78 is 0. The molecular formula is C19H38. The highest BCUT2D eigenvalue weighted by molar-refractivity contribution is 4.69. The van der Waals surface area contributed by atoms with Crippen molar-refractivity contribution in [1.82, 2.24) is 0 Å². The van der Waals surface area contributed by atoms with E-state index < -0.39 is 0 Å². The Kier molecular flexibility index (Phi) is 8.83. The molecule has 0 saturated heterocycles. The molecule has 0 aliphatic heterocycles. The molecule has 0 bridgehead atoms. The first-order valence-electron chi connectivity index (χ1n) is 9.10. The largest absolute Gasteiger partial charge is 0.0625 e. The lowest BCUT2D eigenvalue weighted by Gasteiger charge is -2.25. The molecule has 0 heterocycles. The zero-order chi connectivity index (χ0) is 14.0. The molecule has 114 valence electrons. The third kappa shape index (κ3) is 9.52. The molecule has 1 aliphatic carbocycles. The maximum Gasteiger partial charge on any atom is -0.0354 e. The van der Waals surface area contributed by atoms with Crippen molar-refractivity contribution in [1.29, 1.82) is 0 Å². The van der Waals surface area contributed by atoms with Gasteiger partial charge in [-0.3, -0.25) is 0 Å². The van der Waals surface area contributed by atoms with Gasteiger partial charge in [0.15, 0.2) is 0 Å². The monoisotopic (exact) mass is 266 g/mol. The zero-order valence-electron chi connectivity index (χ0n) is 14.0. The smallest absolute Gasteiger partial charge is 0.0354 e.